The van der Waals surface area contributed by atoms with E-state index in [1.807, 2.05) is 12.1 Å². The standard InChI is InChI=1S/C46H41Cl4F4N7O3/c1-23(33-12-29(47)6-8-36(33)49)63-41-11-28(26-4-7-31(58-17-26)15-32-16-45(3,64-32)46(52,53)54)22-61(44(41)56)39-14-30(48)13-34(42(39)50)24(2)62-40-10-27(19-60-43(40)55)25-5-9-38(59-18-25)35-20-57-21-37(35)51/h4-14,17-19,22-24,32,35,37,56-57H,15-16,20-21H2,1-3H3,(H2,55,60)/p+1. The number of hydrogen-bond donors (Lipinski definition) is 3. The van der Waals surface area contributed by atoms with Crippen molar-refractivity contribution in [2.24, 2.45) is 0 Å². The molecule has 2 aromatic carbocycles. The molecule has 0 aliphatic carbocycles. The molecule has 6 heterocycles. The smallest absolute Gasteiger partial charge is 0.417 e. The van der Waals surface area contributed by atoms with Crippen LogP contribution in [0.2, 0.25) is 20.1 Å². The number of hydrogen-bond acceptors (Lipinski definition) is 9. The van der Waals surface area contributed by atoms with Crippen LogP contribution in [0.3, 0.4) is 0 Å². The van der Waals surface area contributed by atoms with E-state index in [9.17, 15) is 17.6 Å². The van der Waals surface area contributed by atoms with Crippen molar-refractivity contribution in [3.05, 3.63) is 134 Å². The molecule has 0 radical (unpaired) electrons. The molecule has 2 aliphatic heterocycles. The van der Waals surface area contributed by atoms with Gasteiger partial charge in [-0.1, -0.05) is 58.5 Å². The van der Waals surface area contributed by atoms with Gasteiger partial charge in [-0.25, -0.2) is 9.37 Å². The maximum absolute atomic E-state index is 14.4. The van der Waals surface area contributed by atoms with Crippen LogP contribution in [0.15, 0.2) is 91.5 Å². The summed E-state index contributed by atoms with van der Waals surface area (Å²) in [4.78, 5) is 13.5. The van der Waals surface area contributed by atoms with Crippen molar-refractivity contribution in [2.75, 3.05) is 24.6 Å². The number of pyridine rings is 4. The summed E-state index contributed by atoms with van der Waals surface area (Å²) in [7, 11) is 0. The first-order valence-corrected chi connectivity index (χ1v) is 21.8. The average molecular weight is 959 g/mol. The molecule has 0 bridgehead atoms. The van der Waals surface area contributed by atoms with Gasteiger partial charge in [0, 0.05) is 122 Å². The van der Waals surface area contributed by atoms with Gasteiger partial charge in [0.05, 0.1) is 11.1 Å². The van der Waals surface area contributed by atoms with Gasteiger partial charge in [-0.3, -0.25) is 15.7 Å². The van der Waals surface area contributed by atoms with Gasteiger partial charge in [0.2, 0.25) is 5.75 Å². The second-order valence-electron chi connectivity index (χ2n) is 16.1. The molecule has 0 amide bonds. The number of benzene rings is 2. The number of aromatic nitrogens is 4. The maximum atomic E-state index is 14.4. The fourth-order valence-electron chi connectivity index (χ4n) is 7.91. The molecule has 2 saturated heterocycles. The monoisotopic (exact) mass is 956 g/mol. The highest BCUT2D eigenvalue weighted by Gasteiger charge is 2.60. The summed E-state index contributed by atoms with van der Waals surface area (Å²) in [6, 6.07) is 19.1. The number of halogens is 8. The molecule has 4 aromatic heterocycles. The summed E-state index contributed by atoms with van der Waals surface area (Å²) >= 11 is 26.9. The van der Waals surface area contributed by atoms with Crippen LogP contribution in [-0.4, -0.2) is 52.1 Å². The highest BCUT2D eigenvalue weighted by atomic mass is 35.5. The Morgan fingerprint density at radius 2 is 1.47 bits per heavy atom. The third-order valence-corrected chi connectivity index (χ3v) is 12.8. The van der Waals surface area contributed by atoms with E-state index in [4.69, 9.17) is 72.1 Å². The van der Waals surface area contributed by atoms with E-state index in [2.05, 4.69) is 20.3 Å². The topological polar surface area (TPSA) is 134 Å². The van der Waals surface area contributed by atoms with Crippen molar-refractivity contribution in [3.8, 4) is 39.4 Å². The van der Waals surface area contributed by atoms with E-state index in [1.54, 1.807) is 97.8 Å². The second kappa shape index (κ2) is 18.1. The SMILES string of the molecule is CC(Oc1cc(-c2ccc(CC3CC(C)(C(F)(F)F)O3)nc2)c[n+](-c2cc(Cl)cc(C(C)Oc3cc(-c4ccc(C5CNCC5F)nc4)cnc3N)c2Cl)c1N)c1cc(Cl)ccc1Cl. The number of ether oxygens (including phenoxy) is 3. The Morgan fingerprint density at radius 3 is 2.14 bits per heavy atom. The zero-order chi connectivity index (χ0) is 45.7. The quantitative estimate of drug-likeness (QED) is 0.0809. The number of rotatable bonds is 12. The summed E-state index contributed by atoms with van der Waals surface area (Å²) in [5.41, 5.74) is 16.4. The molecular formula is C46H42Cl4F4N7O3+. The van der Waals surface area contributed by atoms with Crippen LogP contribution in [-0.2, 0) is 11.2 Å². The van der Waals surface area contributed by atoms with E-state index >= 15 is 0 Å². The van der Waals surface area contributed by atoms with Crippen molar-refractivity contribution in [3.63, 3.8) is 0 Å². The van der Waals surface area contributed by atoms with Crippen molar-refractivity contribution in [1.82, 2.24) is 20.3 Å². The Bertz CT molecular complexity index is 2690. The van der Waals surface area contributed by atoms with Crippen LogP contribution in [0, 0.1) is 0 Å². The minimum atomic E-state index is -4.46. The van der Waals surface area contributed by atoms with Crippen LogP contribution >= 0.6 is 46.4 Å². The Hall–Kier alpha value is -4.96. The fourth-order valence-corrected chi connectivity index (χ4v) is 8.94. The lowest BCUT2D eigenvalue weighted by atomic mass is 9.88. The molecule has 6 aromatic rings. The predicted molar refractivity (Wildman–Crippen MR) is 240 cm³/mol. The maximum Gasteiger partial charge on any atom is 0.417 e. The van der Waals surface area contributed by atoms with Crippen molar-refractivity contribution >= 4 is 58.0 Å². The van der Waals surface area contributed by atoms with Crippen molar-refractivity contribution in [2.45, 2.75) is 75.8 Å². The Morgan fingerprint density at radius 1 is 0.812 bits per heavy atom. The molecule has 334 valence electrons. The first kappa shape index (κ1) is 45.6. The molecule has 10 nitrogen and oxygen atoms in total. The minimum absolute atomic E-state index is 0.137. The molecule has 18 heteroatoms. The summed E-state index contributed by atoms with van der Waals surface area (Å²) in [5.74, 6) is 0.513. The van der Waals surface area contributed by atoms with Gasteiger partial charge in [-0.2, -0.15) is 17.7 Å². The fraction of sp³-hybridized carbons (Fsp3) is 0.304. The van der Waals surface area contributed by atoms with Gasteiger partial charge in [0.15, 0.2) is 22.9 Å². The lowest BCUT2D eigenvalue weighted by Gasteiger charge is -2.46. The third kappa shape index (κ3) is 9.40. The summed E-state index contributed by atoms with van der Waals surface area (Å²) < 4.78 is 74.3. The van der Waals surface area contributed by atoms with Gasteiger partial charge < -0.3 is 25.3 Å². The van der Waals surface area contributed by atoms with Gasteiger partial charge in [-0.05, 0) is 63.2 Å². The largest absolute Gasteiger partial charge is 0.482 e. The molecule has 0 spiro atoms. The average Bonchev–Trinajstić information content (AvgIpc) is 3.68. The highest BCUT2D eigenvalue weighted by molar-refractivity contribution is 6.35. The number of anilines is 2. The third-order valence-electron chi connectivity index (χ3n) is 11.6. The summed E-state index contributed by atoms with van der Waals surface area (Å²) in [6.45, 7) is 5.45. The van der Waals surface area contributed by atoms with E-state index in [0.29, 0.717) is 73.0 Å². The van der Waals surface area contributed by atoms with Gasteiger partial charge >= 0.3 is 12.0 Å². The summed E-state index contributed by atoms with van der Waals surface area (Å²) in [6.07, 6.45) is -0.760. The lowest BCUT2D eigenvalue weighted by Crippen LogP contribution is -2.58. The van der Waals surface area contributed by atoms with E-state index in [1.165, 1.54) is 0 Å². The zero-order valence-corrected chi connectivity index (χ0v) is 37.6. The van der Waals surface area contributed by atoms with Crippen LogP contribution in [0.25, 0.3) is 27.9 Å². The molecule has 5 N–H and O–H groups in total. The van der Waals surface area contributed by atoms with Gasteiger partial charge in [0.1, 0.15) is 24.6 Å². The van der Waals surface area contributed by atoms with E-state index < -0.39 is 36.3 Å². The van der Waals surface area contributed by atoms with Crippen LogP contribution in [0.5, 0.6) is 11.5 Å². The lowest BCUT2D eigenvalue weighted by molar-refractivity contribution is -0.579. The van der Waals surface area contributed by atoms with Crippen molar-refractivity contribution < 1.29 is 36.3 Å². The first-order valence-electron chi connectivity index (χ1n) is 20.3. The van der Waals surface area contributed by atoms with Crippen molar-refractivity contribution in [1.29, 1.82) is 0 Å². The van der Waals surface area contributed by atoms with Crippen LogP contribution < -0.4 is 30.8 Å². The van der Waals surface area contributed by atoms with E-state index in [-0.39, 0.29) is 46.9 Å². The second-order valence-corrected chi connectivity index (χ2v) is 17.8. The molecule has 8 rings (SSSR count). The number of nitrogens with one attached hydrogen (secondary N) is 1. The number of alkyl halides is 4. The molecule has 0 saturated carbocycles. The molecule has 2 fully saturated rings. The Kier molecular flexibility index (Phi) is 12.9. The molecule has 6 unspecified atom stereocenters. The van der Waals surface area contributed by atoms with E-state index in [0.717, 1.165) is 12.5 Å². The van der Waals surface area contributed by atoms with Gasteiger partial charge in [-0.15, -0.1) is 0 Å². The molecule has 6 atom stereocenters. The zero-order valence-electron chi connectivity index (χ0n) is 34.6. The molecule has 64 heavy (non-hydrogen) atoms. The number of nitrogens with zero attached hydrogens (tertiary/aromatic N) is 4. The van der Waals surface area contributed by atoms with Crippen LogP contribution in [0.4, 0.5) is 29.2 Å². The number of nitrogen functional groups attached to an aromatic ring is 2. The molecular weight excluding hydrogens is 916 g/mol. The highest BCUT2D eigenvalue weighted by Crippen LogP contribution is 2.46. The van der Waals surface area contributed by atoms with Gasteiger partial charge in [0.25, 0.3) is 0 Å². The molecule has 2 aliphatic rings. The number of nitrogens with two attached hydrogens (primary N) is 2. The Balaban J connectivity index is 1.11. The minimum Gasteiger partial charge on any atom is -0.482 e. The predicted octanol–water partition coefficient (Wildman–Crippen LogP) is 11.2. The Labute approximate surface area is 386 Å². The van der Waals surface area contributed by atoms with Crippen LogP contribution in [0.1, 0.15) is 67.8 Å². The summed E-state index contributed by atoms with van der Waals surface area (Å²) in [5, 5.41) is 4.52. The first-order chi connectivity index (χ1) is 30.4. The normalized spacial score (nSPS) is 20.7.